The number of carbonyl (C=O) groups excluding carboxylic acids is 1. The van der Waals surface area contributed by atoms with Gasteiger partial charge < -0.3 is 9.47 Å². The highest BCUT2D eigenvalue weighted by Crippen LogP contribution is 2.36. The molecule has 0 spiro atoms. The zero-order chi connectivity index (χ0) is 12.6. The Bertz CT molecular complexity index is 449. The van der Waals surface area contributed by atoms with E-state index in [9.17, 15) is 13.6 Å². The molecule has 0 bridgehead atoms. The van der Waals surface area contributed by atoms with Gasteiger partial charge in [0.1, 0.15) is 6.54 Å². The quantitative estimate of drug-likeness (QED) is 0.779. The van der Waals surface area contributed by atoms with Crippen LogP contribution in [0.3, 0.4) is 0 Å². The zero-order valence-corrected chi connectivity index (χ0v) is 10.4. The molecule has 94 valence electrons. The van der Waals surface area contributed by atoms with E-state index in [1.807, 2.05) is 0 Å². The Morgan fingerprint density at radius 3 is 3.18 bits per heavy atom. The smallest absolute Gasteiger partial charge is 0.353 e. The summed E-state index contributed by atoms with van der Waals surface area (Å²) in [6, 6.07) is 0. The molecule has 0 aromatic carbocycles. The Balaban J connectivity index is 2.30. The molecule has 2 rings (SSSR count). The Morgan fingerprint density at radius 2 is 2.53 bits per heavy atom. The predicted molar refractivity (Wildman–Crippen MR) is 55.9 cm³/mol. The summed E-state index contributed by atoms with van der Waals surface area (Å²) in [5.74, 6) is -4.31. The van der Waals surface area contributed by atoms with Gasteiger partial charge in [-0.25, -0.2) is 9.48 Å². The third-order valence-corrected chi connectivity index (χ3v) is 2.77. The van der Waals surface area contributed by atoms with Crippen molar-refractivity contribution in [3.8, 4) is 5.88 Å². The van der Waals surface area contributed by atoms with Crippen LogP contribution >= 0.6 is 15.9 Å². The molecular weight excluding hydrogens is 302 g/mol. The first-order chi connectivity index (χ1) is 7.95. The van der Waals surface area contributed by atoms with Gasteiger partial charge in [0.05, 0.1) is 17.3 Å². The summed E-state index contributed by atoms with van der Waals surface area (Å²) in [7, 11) is 0. The molecule has 1 atom stereocenters. The number of halogens is 3. The minimum atomic E-state index is -3.34. The molecular formula is C9H9BrF2N2O3. The lowest BCUT2D eigenvalue weighted by Crippen LogP contribution is -2.51. The van der Waals surface area contributed by atoms with Crippen molar-refractivity contribution in [2.75, 3.05) is 6.61 Å². The van der Waals surface area contributed by atoms with Crippen molar-refractivity contribution in [2.24, 2.45) is 0 Å². The standard InChI is InChI=1S/C9H9BrF2N2O3/c1-2-16-8(15)6-9(11,12)4-14-7(17-6)5(10)3-13-14/h3,6H,2,4H2,1H3. The molecule has 1 aliphatic heterocycles. The molecule has 1 unspecified atom stereocenters. The Kier molecular flexibility index (Phi) is 3.07. The highest BCUT2D eigenvalue weighted by molar-refractivity contribution is 9.10. The first kappa shape index (κ1) is 12.3. The van der Waals surface area contributed by atoms with Crippen LogP contribution in [0.5, 0.6) is 5.88 Å². The topological polar surface area (TPSA) is 53.4 Å². The van der Waals surface area contributed by atoms with Crippen molar-refractivity contribution in [3.05, 3.63) is 10.7 Å². The average molecular weight is 311 g/mol. The van der Waals surface area contributed by atoms with Gasteiger partial charge in [-0.3, -0.25) is 0 Å². The lowest BCUT2D eigenvalue weighted by Gasteiger charge is -2.30. The van der Waals surface area contributed by atoms with Gasteiger partial charge in [-0.1, -0.05) is 0 Å². The molecule has 0 aliphatic carbocycles. The maximum absolute atomic E-state index is 13.6. The molecule has 1 aromatic heterocycles. The summed E-state index contributed by atoms with van der Waals surface area (Å²) in [4.78, 5) is 11.4. The Labute approximate surface area is 104 Å². The van der Waals surface area contributed by atoms with E-state index in [1.165, 1.54) is 6.20 Å². The van der Waals surface area contributed by atoms with Gasteiger partial charge in [0.25, 0.3) is 6.10 Å². The van der Waals surface area contributed by atoms with Gasteiger partial charge in [0, 0.05) is 0 Å². The summed E-state index contributed by atoms with van der Waals surface area (Å²) in [6.45, 7) is 0.853. The molecule has 1 aliphatic rings. The minimum absolute atomic E-state index is 0.0230. The van der Waals surface area contributed by atoms with Crippen LogP contribution in [0.2, 0.25) is 0 Å². The molecule has 0 amide bonds. The van der Waals surface area contributed by atoms with Crippen LogP contribution in [0, 0.1) is 0 Å². The monoisotopic (exact) mass is 310 g/mol. The maximum Gasteiger partial charge on any atom is 0.353 e. The number of ether oxygens (including phenoxy) is 2. The van der Waals surface area contributed by atoms with Gasteiger partial charge in [-0.2, -0.15) is 13.9 Å². The average Bonchev–Trinajstić information content (AvgIpc) is 2.57. The van der Waals surface area contributed by atoms with Crippen LogP contribution < -0.4 is 4.74 Å². The van der Waals surface area contributed by atoms with E-state index < -0.39 is 24.5 Å². The number of alkyl halides is 2. The van der Waals surface area contributed by atoms with E-state index in [0.29, 0.717) is 4.47 Å². The van der Waals surface area contributed by atoms with Crippen LogP contribution in [0.15, 0.2) is 10.7 Å². The number of fused-ring (bicyclic) bond motifs is 1. The largest absolute Gasteiger partial charge is 0.463 e. The highest BCUT2D eigenvalue weighted by atomic mass is 79.9. The van der Waals surface area contributed by atoms with Crippen LogP contribution in [-0.2, 0) is 16.1 Å². The van der Waals surface area contributed by atoms with Gasteiger partial charge in [0.2, 0.25) is 5.88 Å². The lowest BCUT2D eigenvalue weighted by atomic mass is 10.1. The van der Waals surface area contributed by atoms with Crippen molar-refractivity contribution in [1.29, 1.82) is 0 Å². The molecule has 1 aromatic rings. The predicted octanol–water partition coefficient (Wildman–Crippen LogP) is 1.60. The molecule has 5 nitrogen and oxygen atoms in total. The molecule has 0 fully saturated rings. The summed E-state index contributed by atoms with van der Waals surface area (Å²) >= 11 is 3.10. The number of esters is 1. The molecule has 0 saturated carbocycles. The van der Waals surface area contributed by atoms with Crippen molar-refractivity contribution >= 4 is 21.9 Å². The van der Waals surface area contributed by atoms with Gasteiger partial charge in [-0.05, 0) is 22.9 Å². The van der Waals surface area contributed by atoms with E-state index in [-0.39, 0.29) is 12.5 Å². The molecule has 0 N–H and O–H groups in total. The second-order valence-electron chi connectivity index (χ2n) is 3.47. The van der Waals surface area contributed by atoms with Crippen LogP contribution in [0.4, 0.5) is 8.78 Å². The SMILES string of the molecule is CCOC(=O)C1Oc2c(Br)cnn2CC1(F)F. The normalized spacial score (nSPS) is 21.5. The molecule has 0 radical (unpaired) electrons. The minimum Gasteiger partial charge on any atom is -0.463 e. The fourth-order valence-electron chi connectivity index (χ4n) is 1.50. The summed E-state index contributed by atoms with van der Waals surface area (Å²) in [5.41, 5.74) is 0. The zero-order valence-electron chi connectivity index (χ0n) is 8.82. The van der Waals surface area contributed by atoms with E-state index in [0.717, 1.165) is 4.68 Å². The van der Waals surface area contributed by atoms with E-state index in [4.69, 9.17) is 4.74 Å². The maximum atomic E-state index is 13.6. The fourth-order valence-corrected chi connectivity index (χ4v) is 1.89. The Morgan fingerprint density at radius 1 is 1.82 bits per heavy atom. The molecule has 8 heteroatoms. The summed E-state index contributed by atoms with van der Waals surface area (Å²) < 4.78 is 38.2. The second-order valence-corrected chi connectivity index (χ2v) is 4.32. The third-order valence-electron chi connectivity index (χ3n) is 2.22. The number of carbonyl (C=O) groups is 1. The number of rotatable bonds is 2. The third kappa shape index (κ3) is 2.13. The van der Waals surface area contributed by atoms with Gasteiger partial charge in [-0.15, -0.1) is 0 Å². The number of hydrogen-bond acceptors (Lipinski definition) is 4. The molecule has 17 heavy (non-hydrogen) atoms. The first-order valence-corrected chi connectivity index (χ1v) is 5.67. The van der Waals surface area contributed by atoms with E-state index in [1.54, 1.807) is 6.92 Å². The molecule has 0 saturated heterocycles. The Hall–Kier alpha value is -1.18. The van der Waals surface area contributed by atoms with Gasteiger partial charge >= 0.3 is 11.9 Å². The molecule has 2 heterocycles. The fraction of sp³-hybridized carbons (Fsp3) is 0.556. The summed E-state index contributed by atoms with van der Waals surface area (Å²) in [6.07, 6.45) is -0.596. The van der Waals surface area contributed by atoms with Crippen molar-refractivity contribution in [2.45, 2.75) is 25.5 Å². The highest BCUT2D eigenvalue weighted by Gasteiger charge is 2.52. The van der Waals surface area contributed by atoms with Gasteiger partial charge in [0.15, 0.2) is 0 Å². The van der Waals surface area contributed by atoms with E-state index >= 15 is 0 Å². The summed E-state index contributed by atoms with van der Waals surface area (Å²) in [5, 5.41) is 3.70. The van der Waals surface area contributed by atoms with Crippen molar-refractivity contribution in [1.82, 2.24) is 9.78 Å². The first-order valence-electron chi connectivity index (χ1n) is 4.88. The van der Waals surface area contributed by atoms with Crippen LogP contribution in [0.25, 0.3) is 0 Å². The number of aromatic nitrogens is 2. The van der Waals surface area contributed by atoms with Crippen molar-refractivity contribution < 1.29 is 23.0 Å². The van der Waals surface area contributed by atoms with Crippen LogP contribution in [0.1, 0.15) is 6.92 Å². The lowest BCUT2D eigenvalue weighted by molar-refractivity contribution is -0.182. The number of nitrogens with zero attached hydrogens (tertiary/aromatic N) is 2. The van der Waals surface area contributed by atoms with E-state index in [2.05, 4.69) is 25.8 Å². The second kappa shape index (κ2) is 4.25. The number of hydrogen-bond donors (Lipinski definition) is 0. The van der Waals surface area contributed by atoms with Crippen molar-refractivity contribution in [3.63, 3.8) is 0 Å². The van der Waals surface area contributed by atoms with Crippen LogP contribution in [-0.4, -0.2) is 34.4 Å².